The standard InChI is InChI=1S/C10H14FN3O2/c1-2-6-9(11)10(13-5-12-6)14-7-3-16-4-8(7)15/h5,7-8,15H,2-4H2,1H3,(H,12,13,14). The lowest BCUT2D eigenvalue weighted by Crippen LogP contribution is -2.32. The van der Waals surface area contributed by atoms with E-state index in [1.807, 2.05) is 6.92 Å². The zero-order valence-electron chi connectivity index (χ0n) is 8.98. The van der Waals surface area contributed by atoms with Gasteiger partial charge in [-0.1, -0.05) is 6.92 Å². The van der Waals surface area contributed by atoms with E-state index in [0.29, 0.717) is 18.7 Å². The van der Waals surface area contributed by atoms with Crippen LogP contribution in [0.5, 0.6) is 0 Å². The van der Waals surface area contributed by atoms with Gasteiger partial charge in [0.15, 0.2) is 11.6 Å². The Labute approximate surface area is 92.7 Å². The molecule has 1 aromatic heterocycles. The van der Waals surface area contributed by atoms with Crippen molar-refractivity contribution in [2.24, 2.45) is 0 Å². The molecule has 0 amide bonds. The van der Waals surface area contributed by atoms with Gasteiger partial charge in [-0.2, -0.15) is 0 Å². The van der Waals surface area contributed by atoms with Crippen LogP contribution in [0.3, 0.4) is 0 Å². The molecule has 1 aromatic rings. The van der Waals surface area contributed by atoms with Gasteiger partial charge in [0.2, 0.25) is 0 Å². The lowest BCUT2D eigenvalue weighted by molar-refractivity contribution is 0.125. The zero-order chi connectivity index (χ0) is 11.5. The van der Waals surface area contributed by atoms with Crippen molar-refractivity contribution in [2.75, 3.05) is 18.5 Å². The van der Waals surface area contributed by atoms with Gasteiger partial charge in [-0.3, -0.25) is 0 Å². The average molecular weight is 227 g/mol. The first-order valence-electron chi connectivity index (χ1n) is 5.24. The van der Waals surface area contributed by atoms with Crippen molar-refractivity contribution in [3.05, 3.63) is 17.8 Å². The molecule has 2 atom stereocenters. The van der Waals surface area contributed by atoms with Gasteiger partial charge < -0.3 is 15.2 Å². The number of aromatic nitrogens is 2. The second-order valence-corrected chi connectivity index (χ2v) is 3.69. The third-order valence-electron chi connectivity index (χ3n) is 2.57. The number of aryl methyl sites for hydroxylation is 1. The van der Waals surface area contributed by atoms with Crippen LogP contribution in [0.1, 0.15) is 12.6 Å². The first-order valence-corrected chi connectivity index (χ1v) is 5.24. The minimum Gasteiger partial charge on any atom is -0.388 e. The topological polar surface area (TPSA) is 67.3 Å². The number of hydrogen-bond acceptors (Lipinski definition) is 5. The Morgan fingerprint density at radius 3 is 3.00 bits per heavy atom. The zero-order valence-corrected chi connectivity index (χ0v) is 8.98. The molecule has 2 rings (SSSR count). The van der Waals surface area contributed by atoms with E-state index in [0.717, 1.165) is 0 Å². The van der Waals surface area contributed by atoms with Crippen molar-refractivity contribution in [3.63, 3.8) is 0 Å². The van der Waals surface area contributed by atoms with Gasteiger partial charge in [0.05, 0.1) is 31.1 Å². The van der Waals surface area contributed by atoms with Crippen LogP contribution >= 0.6 is 0 Å². The third kappa shape index (κ3) is 2.12. The summed E-state index contributed by atoms with van der Waals surface area (Å²) >= 11 is 0. The smallest absolute Gasteiger partial charge is 0.186 e. The summed E-state index contributed by atoms with van der Waals surface area (Å²) in [4.78, 5) is 7.65. The molecule has 2 heterocycles. The Bertz CT molecular complexity index is 375. The van der Waals surface area contributed by atoms with E-state index in [-0.39, 0.29) is 18.5 Å². The molecule has 0 spiro atoms. The van der Waals surface area contributed by atoms with Gasteiger partial charge in [-0.25, -0.2) is 14.4 Å². The molecule has 1 saturated heterocycles. The highest BCUT2D eigenvalue weighted by molar-refractivity contribution is 5.39. The van der Waals surface area contributed by atoms with Crippen LogP contribution in [0.2, 0.25) is 0 Å². The summed E-state index contributed by atoms with van der Waals surface area (Å²) in [7, 11) is 0. The summed E-state index contributed by atoms with van der Waals surface area (Å²) in [6.45, 7) is 2.44. The van der Waals surface area contributed by atoms with E-state index in [1.54, 1.807) is 0 Å². The summed E-state index contributed by atoms with van der Waals surface area (Å²) < 4.78 is 18.8. The quantitative estimate of drug-likeness (QED) is 0.780. The van der Waals surface area contributed by atoms with Gasteiger partial charge in [0.25, 0.3) is 0 Å². The maximum Gasteiger partial charge on any atom is 0.186 e. The molecular formula is C10H14FN3O2. The summed E-state index contributed by atoms with van der Waals surface area (Å²) in [5, 5.41) is 12.3. The summed E-state index contributed by atoms with van der Waals surface area (Å²) in [6, 6.07) is -0.311. The highest BCUT2D eigenvalue weighted by Crippen LogP contribution is 2.17. The Kier molecular flexibility index (Phi) is 3.31. The van der Waals surface area contributed by atoms with Gasteiger partial charge in [0.1, 0.15) is 6.33 Å². The van der Waals surface area contributed by atoms with Crippen molar-refractivity contribution < 1.29 is 14.2 Å². The van der Waals surface area contributed by atoms with Gasteiger partial charge >= 0.3 is 0 Å². The third-order valence-corrected chi connectivity index (χ3v) is 2.57. The van der Waals surface area contributed by atoms with E-state index >= 15 is 0 Å². The van der Waals surface area contributed by atoms with Crippen molar-refractivity contribution in [1.82, 2.24) is 9.97 Å². The molecule has 1 fully saturated rings. The summed E-state index contributed by atoms with van der Waals surface area (Å²) in [6.07, 6.45) is 1.19. The van der Waals surface area contributed by atoms with E-state index in [2.05, 4.69) is 15.3 Å². The lowest BCUT2D eigenvalue weighted by Gasteiger charge is -2.15. The van der Waals surface area contributed by atoms with Crippen molar-refractivity contribution in [2.45, 2.75) is 25.5 Å². The lowest BCUT2D eigenvalue weighted by atomic mass is 10.2. The number of nitrogens with one attached hydrogen (secondary N) is 1. The Balaban J connectivity index is 2.14. The molecule has 1 aliphatic rings. The van der Waals surface area contributed by atoms with Crippen LogP contribution < -0.4 is 5.32 Å². The van der Waals surface area contributed by atoms with Crippen LogP contribution in [-0.2, 0) is 11.2 Å². The number of rotatable bonds is 3. The van der Waals surface area contributed by atoms with Crippen molar-refractivity contribution in [3.8, 4) is 0 Å². The van der Waals surface area contributed by atoms with E-state index in [4.69, 9.17) is 4.74 Å². The first-order chi connectivity index (χ1) is 7.72. The second-order valence-electron chi connectivity index (χ2n) is 3.69. The number of nitrogens with zero attached hydrogens (tertiary/aromatic N) is 2. The monoisotopic (exact) mass is 227 g/mol. The minimum absolute atomic E-state index is 0.126. The Morgan fingerprint density at radius 2 is 2.38 bits per heavy atom. The molecule has 0 radical (unpaired) electrons. The van der Waals surface area contributed by atoms with Gasteiger partial charge in [-0.05, 0) is 6.42 Å². The fraction of sp³-hybridized carbons (Fsp3) is 0.600. The number of aliphatic hydroxyl groups is 1. The predicted octanol–water partition coefficient (Wildman–Crippen LogP) is 0.350. The Morgan fingerprint density at radius 1 is 1.56 bits per heavy atom. The number of ether oxygens (including phenoxy) is 1. The van der Waals surface area contributed by atoms with Gasteiger partial charge in [-0.15, -0.1) is 0 Å². The molecule has 0 aliphatic carbocycles. The van der Waals surface area contributed by atoms with Crippen LogP contribution in [0.4, 0.5) is 10.2 Å². The highest BCUT2D eigenvalue weighted by atomic mass is 19.1. The molecule has 6 heteroatoms. The van der Waals surface area contributed by atoms with E-state index < -0.39 is 11.9 Å². The van der Waals surface area contributed by atoms with Crippen molar-refractivity contribution >= 4 is 5.82 Å². The predicted molar refractivity (Wildman–Crippen MR) is 55.6 cm³/mol. The first kappa shape index (κ1) is 11.2. The van der Waals surface area contributed by atoms with Crippen LogP contribution in [0.25, 0.3) is 0 Å². The molecule has 0 bridgehead atoms. The fourth-order valence-electron chi connectivity index (χ4n) is 1.61. The van der Waals surface area contributed by atoms with Crippen LogP contribution in [-0.4, -0.2) is 40.4 Å². The maximum atomic E-state index is 13.7. The molecule has 0 saturated carbocycles. The molecule has 88 valence electrons. The Hall–Kier alpha value is -1.27. The normalized spacial score (nSPS) is 24.7. The van der Waals surface area contributed by atoms with Crippen molar-refractivity contribution in [1.29, 1.82) is 0 Å². The largest absolute Gasteiger partial charge is 0.388 e. The second kappa shape index (κ2) is 4.71. The number of aliphatic hydroxyl groups excluding tert-OH is 1. The minimum atomic E-state index is -0.626. The molecule has 2 unspecified atom stereocenters. The highest BCUT2D eigenvalue weighted by Gasteiger charge is 2.27. The number of hydrogen-bond donors (Lipinski definition) is 2. The average Bonchev–Trinajstić information content (AvgIpc) is 2.68. The summed E-state index contributed by atoms with van der Waals surface area (Å²) in [5.41, 5.74) is 0.367. The summed E-state index contributed by atoms with van der Waals surface area (Å²) in [5.74, 6) is -0.328. The fourth-order valence-corrected chi connectivity index (χ4v) is 1.61. The van der Waals surface area contributed by atoms with E-state index in [1.165, 1.54) is 6.33 Å². The molecule has 0 aromatic carbocycles. The molecule has 5 nitrogen and oxygen atoms in total. The number of halogens is 1. The van der Waals surface area contributed by atoms with Crippen LogP contribution in [0, 0.1) is 5.82 Å². The molecular weight excluding hydrogens is 213 g/mol. The molecule has 16 heavy (non-hydrogen) atoms. The maximum absolute atomic E-state index is 13.7. The molecule has 2 N–H and O–H groups in total. The SMILES string of the molecule is CCc1ncnc(NC2COCC2O)c1F. The van der Waals surface area contributed by atoms with E-state index in [9.17, 15) is 9.50 Å². The number of anilines is 1. The van der Waals surface area contributed by atoms with Crippen LogP contribution in [0.15, 0.2) is 6.33 Å². The van der Waals surface area contributed by atoms with Gasteiger partial charge in [0, 0.05) is 0 Å². The molecule has 1 aliphatic heterocycles.